The summed E-state index contributed by atoms with van der Waals surface area (Å²) in [6.45, 7) is 16.1. The molecule has 2 fully saturated rings. The van der Waals surface area contributed by atoms with Gasteiger partial charge in [0, 0.05) is 51.2 Å². The zero-order valence-electron chi connectivity index (χ0n) is 17.9. The summed E-state index contributed by atoms with van der Waals surface area (Å²) >= 11 is 0. The number of rotatable bonds is 6. The SMILES string of the molecule is CCNC(=NCCCN1CCCC1C(=O)N(C)C)N1CC(C)(C)C1(C)C. The Kier molecular flexibility index (Phi) is 6.59. The molecule has 1 unspecified atom stereocenters. The Morgan fingerprint density at radius 1 is 1.27 bits per heavy atom. The van der Waals surface area contributed by atoms with E-state index in [9.17, 15) is 4.79 Å². The van der Waals surface area contributed by atoms with Crippen LogP contribution in [0.15, 0.2) is 4.99 Å². The van der Waals surface area contributed by atoms with E-state index in [-0.39, 0.29) is 17.5 Å². The quantitative estimate of drug-likeness (QED) is 0.444. The molecule has 6 nitrogen and oxygen atoms in total. The lowest BCUT2D eigenvalue weighted by Gasteiger charge is -2.62. The van der Waals surface area contributed by atoms with Gasteiger partial charge in [0.05, 0.1) is 6.04 Å². The van der Waals surface area contributed by atoms with Gasteiger partial charge >= 0.3 is 0 Å². The van der Waals surface area contributed by atoms with E-state index in [0.717, 1.165) is 57.9 Å². The van der Waals surface area contributed by atoms with Crippen LogP contribution in [0.2, 0.25) is 0 Å². The molecule has 2 heterocycles. The van der Waals surface area contributed by atoms with Gasteiger partial charge in [-0.05, 0) is 46.6 Å². The van der Waals surface area contributed by atoms with Gasteiger partial charge in [-0.15, -0.1) is 0 Å². The summed E-state index contributed by atoms with van der Waals surface area (Å²) in [5.74, 6) is 1.27. The molecule has 0 aromatic rings. The van der Waals surface area contributed by atoms with Gasteiger partial charge < -0.3 is 15.1 Å². The molecule has 0 bridgehead atoms. The number of carbonyl (C=O) groups excluding carboxylic acids is 1. The van der Waals surface area contributed by atoms with Gasteiger partial charge in [0.1, 0.15) is 0 Å². The van der Waals surface area contributed by atoms with E-state index in [2.05, 4.69) is 49.7 Å². The normalized spacial score (nSPS) is 25.1. The standard InChI is InChI=1S/C20H39N5O/c1-8-21-18(25-15-19(2,3)20(25,4)5)22-12-10-14-24-13-9-11-16(24)17(26)23(6)7/h16H,8-15H2,1-7H3,(H,21,22). The average Bonchev–Trinajstić information content (AvgIpc) is 3.03. The monoisotopic (exact) mass is 365 g/mol. The van der Waals surface area contributed by atoms with Crippen LogP contribution in [0.3, 0.4) is 0 Å². The Morgan fingerprint density at radius 2 is 1.96 bits per heavy atom. The number of nitrogens with zero attached hydrogens (tertiary/aromatic N) is 4. The van der Waals surface area contributed by atoms with E-state index in [1.807, 2.05) is 14.1 Å². The number of guanidine groups is 1. The molecule has 2 saturated heterocycles. The second-order valence-corrected chi connectivity index (χ2v) is 9.04. The Bertz CT molecular complexity index is 526. The highest BCUT2D eigenvalue weighted by Crippen LogP contribution is 2.46. The summed E-state index contributed by atoms with van der Waals surface area (Å²) in [5, 5.41) is 3.45. The molecular formula is C20H39N5O. The summed E-state index contributed by atoms with van der Waals surface area (Å²) < 4.78 is 0. The first-order chi connectivity index (χ1) is 12.1. The number of hydrogen-bond acceptors (Lipinski definition) is 3. The van der Waals surface area contributed by atoms with Gasteiger partial charge in [-0.25, -0.2) is 0 Å². The zero-order chi connectivity index (χ0) is 19.5. The first kappa shape index (κ1) is 21.0. The van der Waals surface area contributed by atoms with Crippen molar-refractivity contribution in [3.63, 3.8) is 0 Å². The molecule has 26 heavy (non-hydrogen) atoms. The van der Waals surface area contributed by atoms with Gasteiger partial charge in [-0.2, -0.15) is 0 Å². The van der Waals surface area contributed by atoms with Crippen LogP contribution in [0.5, 0.6) is 0 Å². The first-order valence-electron chi connectivity index (χ1n) is 10.1. The molecule has 0 spiro atoms. The van der Waals surface area contributed by atoms with Crippen LogP contribution in [-0.2, 0) is 4.79 Å². The zero-order valence-corrected chi connectivity index (χ0v) is 17.9. The summed E-state index contributed by atoms with van der Waals surface area (Å²) in [4.78, 5) is 23.6. The average molecular weight is 366 g/mol. The number of aliphatic imine (C=N–C) groups is 1. The molecule has 6 heteroatoms. The van der Waals surface area contributed by atoms with E-state index >= 15 is 0 Å². The molecular weight excluding hydrogens is 326 g/mol. The molecule has 2 aliphatic rings. The van der Waals surface area contributed by atoms with Crippen molar-refractivity contribution >= 4 is 11.9 Å². The van der Waals surface area contributed by atoms with Gasteiger partial charge in [0.15, 0.2) is 5.96 Å². The minimum absolute atomic E-state index is 0.0670. The second-order valence-electron chi connectivity index (χ2n) is 9.04. The predicted octanol–water partition coefficient (Wildman–Crippen LogP) is 2.02. The molecule has 0 aromatic heterocycles. The number of likely N-dealkylation sites (tertiary alicyclic amines) is 2. The molecule has 0 aliphatic carbocycles. The van der Waals surface area contributed by atoms with Crippen LogP contribution in [-0.4, -0.2) is 85.0 Å². The molecule has 2 rings (SSSR count). The van der Waals surface area contributed by atoms with Crippen LogP contribution in [0.25, 0.3) is 0 Å². The lowest BCUT2D eigenvalue weighted by atomic mass is 9.65. The highest BCUT2D eigenvalue weighted by Gasteiger charge is 2.53. The Hall–Kier alpha value is -1.30. The van der Waals surface area contributed by atoms with Gasteiger partial charge in [0.25, 0.3) is 0 Å². The summed E-state index contributed by atoms with van der Waals surface area (Å²) in [7, 11) is 3.70. The fraction of sp³-hybridized carbons (Fsp3) is 0.900. The summed E-state index contributed by atoms with van der Waals surface area (Å²) in [6, 6.07) is 0.0670. The van der Waals surface area contributed by atoms with E-state index in [1.54, 1.807) is 4.90 Å². The van der Waals surface area contributed by atoms with Gasteiger partial charge in [0.2, 0.25) is 5.91 Å². The minimum Gasteiger partial charge on any atom is -0.356 e. The number of likely N-dealkylation sites (N-methyl/N-ethyl adjacent to an activating group) is 1. The van der Waals surface area contributed by atoms with E-state index in [1.165, 1.54) is 0 Å². The molecule has 0 aromatic carbocycles. The lowest BCUT2D eigenvalue weighted by Crippen LogP contribution is -2.72. The number of nitrogens with one attached hydrogen (secondary N) is 1. The molecule has 150 valence electrons. The molecule has 1 atom stereocenters. The second kappa shape index (κ2) is 8.15. The van der Waals surface area contributed by atoms with Crippen LogP contribution in [0.4, 0.5) is 0 Å². The summed E-state index contributed by atoms with van der Waals surface area (Å²) in [5.41, 5.74) is 0.421. The third-order valence-electron chi connectivity index (χ3n) is 6.43. The molecule has 0 saturated carbocycles. The van der Waals surface area contributed by atoms with E-state index < -0.39 is 0 Å². The van der Waals surface area contributed by atoms with Gasteiger partial charge in [-0.1, -0.05) is 13.8 Å². The highest BCUT2D eigenvalue weighted by atomic mass is 16.2. The Morgan fingerprint density at radius 3 is 2.50 bits per heavy atom. The number of carbonyl (C=O) groups is 1. The Labute approximate surface area is 160 Å². The van der Waals surface area contributed by atoms with Crippen molar-refractivity contribution < 1.29 is 4.79 Å². The fourth-order valence-corrected chi connectivity index (χ4v) is 3.93. The van der Waals surface area contributed by atoms with E-state index in [4.69, 9.17) is 4.99 Å². The lowest BCUT2D eigenvalue weighted by molar-refractivity contribution is -0.133. The van der Waals surface area contributed by atoms with Crippen LogP contribution in [0.1, 0.15) is 53.9 Å². The maximum atomic E-state index is 12.3. The highest BCUT2D eigenvalue weighted by molar-refractivity contribution is 5.82. The smallest absolute Gasteiger partial charge is 0.239 e. The van der Waals surface area contributed by atoms with Crippen molar-refractivity contribution in [1.82, 2.24) is 20.0 Å². The van der Waals surface area contributed by atoms with Crippen molar-refractivity contribution in [2.24, 2.45) is 10.4 Å². The largest absolute Gasteiger partial charge is 0.356 e. The topological polar surface area (TPSA) is 51.2 Å². The van der Waals surface area contributed by atoms with Gasteiger partial charge in [-0.3, -0.25) is 14.7 Å². The van der Waals surface area contributed by atoms with Crippen molar-refractivity contribution in [3.8, 4) is 0 Å². The molecule has 1 amide bonds. The van der Waals surface area contributed by atoms with Crippen molar-refractivity contribution in [2.45, 2.75) is 65.5 Å². The Balaban J connectivity index is 1.88. The third-order valence-corrected chi connectivity index (χ3v) is 6.43. The van der Waals surface area contributed by atoms with Crippen molar-refractivity contribution in [2.75, 3.05) is 46.8 Å². The fourth-order valence-electron chi connectivity index (χ4n) is 3.93. The number of amides is 1. The van der Waals surface area contributed by atoms with Crippen LogP contribution < -0.4 is 5.32 Å². The minimum atomic E-state index is 0.0670. The predicted molar refractivity (Wildman–Crippen MR) is 108 cm³/mol. The summed E-state index contributed by atoms with van der Waals surface area (Å²) in [6.07, 6.45) is 3.09. The molecule has 0 radical (unpaired) electrons. The molecule has 2 aliphatic heterocycles. The first-order valence-corrected chi connectivity index (χ1v) is 10.1. The van der Waals surface area contributed by atoms with Crippen molar-refractivity contribution in [1.29, 1.82) is 0 Å². The van der Waals surface area contributed by atoms with Crippen LogP contribution in [0, 0.1) is 5.41 Å². The molecule has 1 N–H and O–H groups in total. The maximum Gasteiger partial charge on any atom is 0.239 e. The number of hydrogen-bond donors (Lipinski definition) is 1. The third kappa shape index (κ3) is 4.16. The van der Waals surface area contributed by atoms with E-state index in [0.29, 0.717) is 5.41 Å². The van der Waals surface area contributed by atoms with Crippen molar-refractivity contribution in [3.05, 3.63) is 0 Å². The maximum absolute atomic E-state index is 12.3. The van der Waals surface area contributed by atoms with Crippen LogP contribution >= 0.6 is 0 Å².